The monoisotopic (exact) mass is 413 g/mol. The molecular formula is C24H47NO4. The first-order chi connectivity index (χ1) is 13.8. The number of rotatable bonds is 18. The number of nitrogens with one attached hydrogen (secondary N) is 1. The van der Waals surface area contributed by atoms with E-state index in [2.05, 4.69) is 12.2 Å². The van der Waals surface area contributed by atoms with Crippen LogP contribution in [0.1, 0.15) is 124 Å². The summed E-state index contributed by atoms with van der Waals surface area (Å²) < 4.78 is 5.22. The number of aliphatic hydroxyl groups excluding tert-OH is 1. The van der Waals surface area contributed by atoms with Gasteiger partial charge in [0.1, 0.15) is 11.7 Å². The standard InChI is InChI=1S/C24H47NO4/c1-5-6-7-8-9-10-11-12-13-14-15-16-18-21(26)23(28)25-20-17-19-22(27)29-24(2,3)4/h21,26H,5-20H2,1-4H3,(H,25,28). The Kier molecular flexibility index (Phi) is 17.1. The third-order valence-corrected chi connectivity index (χ3v) is 4.91. The molecular weight excluding hydrogens is 366 g/mol. The lowest BCUT2D eigenvalue weighted by molar-refractivity contribution is -0.155. The average Bonchev–Trinajstić information content (AvgIpc) is 2.64. The van der Waals surface area contributed by atoms with E-state index in [0.29, 0.717) is 19.4 Å². The third kappa shape index (κ3) is 20.0. The molecule has 0 bridgehead atoms. The van der Waals surface area contributed by atoms with Crippen LogP contribution >= 0.6 is 0 Å². The van der Waals surface area contributed by atoms with Gasteiger partial charge in [0.25, 0.3) is 0 Å². The van der Waals surface area contributed by atoms with Crippen LogP contribution in [0.2, 0.25) is 0 Å². The maximum Gasteiger partial charge on any atom is 0.306 e. The maximum absolute atomic E-state index is 11.9. The number of esters is 1. The highest BCUT2D eigenvalue weighted by Crippen LogP contribution is 2.13. The van der Waals surface area contributed by atoms with Gasteiger partial charge in [-0.05, 0) is 33.6 Å². The Morgan fingerprint density at radius 3 is 1.79 bits per heavy atom. The predicted molar refractivity (Wildman–Crippen MR) is 120 cm³/mol. The molecule has 0 heterocycles. The van der Waals surface area contributed by atoms with E-state index >= 15 is 0 Å². The summed E-state index contributed by atoms with van der Waals surface area (Å²) in [5, 5.41) is 12.6. The molecule has 172 valence electrons. The van der Waals surface area contributed by atoms with Crippen molar-refractivity contribution < 1.29 is 19.4 Å². The molecule has 5 nitrogen and oxygen atoms in total. The van der Waals surface area contributed by atoms with Crippen molar-refractivity contribution in [2.75, 3.05) is 6.54 Å². The molecule has 0 fully saturated rings. The molecule has 0 aliphatic heterocycles. The zero-order valence-electron chi connectivity index (χ0n) is 19.6. The second kappa shape index (κ2) is 17.7. The first-order valence-corrected chi connectivity index (χ1v) is 11.9. The Bertz CT molecular complexity index is 418. The Hall–Kier alpha value is -1.10. The van der Waals surface area contributed by atoms with Crippen LogP contribution in [0.25, 0.3) is 0 Å². The summed E-state index contributed by atoms with van der Waals surface area (Å²) in [5.41, 5.74) is -0.481. The van der Waals surface area contributed by atoms with Gasteiger partial charge in [-0.3, -0.25) is 9.59 Å². The highest BCUT2D eigenvalue weighted by molar-refractivity contribution is 5.80. The zero-order chi connectivity index (χ0) is 22.0. The van der Waals surface area contributed by atoms with Crippen molar-refractivity contribution in [2.45, 2.75) is 136 Å². The summed E-state index contributed by atoms with van der Waals surface area (Å²) in [7, 11) is 0. The lowest BCUT2D eigenvalue weighted by Crippen LogP contribution is -2.35. The number of hydrogen-bond donors (Lipinski definition) is 2. The van der Waals surface area contributed by atoms with E-state index in [0.717, 1.165) is 12.8 Å². The third-order valence-electron chi connectivity index (χ3n) is 4.91. The highest BCUT2D eigenvalue weighted by atomic mass is 16.6. The van der Waals surface area contributed by atoms with Crippen molar-refractivity contribution in [2.24, 2.45) is 0 Å². The van der Waals surface area contributed by atoms with E-state index in [4.69, 9.17) is 4.74 Å². The SMILES string of the molecule is CCCCCCCCCCCCCCC(O)C(=O)NCCCC(=O)OC(C)(C)C. The summed E-state index contributed by atoms with van der Waals surface area (Å²) in [6.45, 7) is 8.13. The fourth-order valence-electron chi connectivity index (χ4n) is 3.26. The van der Waals surface area contributed by atoms with Gasteiger partial charge in [0, 0.05) is 13.0 Å². The normalized spacial score (nSPS) is 12.6. The van der Waals surface area contributed by atoms with E-state index in [-0.39, 0.29) is 18.3 Å². The Balaban J connectivity index is 3.48. The number of ether oxygens (including phenoxy) is 1. The molecule has 0 aromatic carbocycles. The van der Waals surface area contributed by atoms with Crippen LogP contribution in [-0.2, 0) is 14.3 Å². The van der Waals surface area contributed by atoms with Gasteiger partial charge in [-0.25, -0.2) is 0 Å². The fraction of sp³-hybridized carbons (Fsp3) is 0.917. The van der Waals surface area contributed by atoms with Gasteiger partial charge in [-0.15, -0.1) is 0 Å². The van der Waals surface area contributed by atoms with E-state index < -0.39 is 11.7 Å². The van der Waals surface area contributed by atoms with E-state index in [1.807, 2.05) is 20.8 Å². The molecule has 0 radical (unpaired) electrons. The van der Waals surface area contributed by atoms with Crippen molar-refractivity contribution in [1.29, 1.82) is 0 Å². The molecule has 0 aliphatic carbocycles. The number of amides is 1. The van der Waals surface area contributed by atoms with Crippen LogP contribution in [0, 0.1) is 0 Å². The van der Waals surface area contributed by atoms with Gasteiger partial charge >= 0.3 is 5.97 Å². The summed E-state index contributed by atoms with van der Waals surface area (Å²) in [4.78, 5) is 23.5. The van der Waals surface area contributed by atoms with Crippen molar-refractivity contribution in [3.05, 3.63) is 0 Å². The number of unbranched alkanes of at least 4 members (excludes halogenated alkanes) is 11. The summed E-state index contributed by atoms with van der Waals surface area (Å²) >= 11 is 0. The summed E-state index contributed by atoms with van der Waals surface area (Å²) in [5.74, 6) is -0.596. The molecule has 1 unspecified atom stereocenters. The smallest absolute Gasteiger partial charge is 0.306 e. The van der Waals surface area contributed by atoms with Crippen LogP contribution in [0.4, 0.5) is 0 Å². The molecule has 0 saturated carbocycles. The van der Waals surface area contributed by atoms with Gasteiger partial charge in [0.15, 0.2) is 0 Å². The minimum Gasteiger partial charge on any atom is -0.460 e. The van der Waals surface area contributed by atoms with E-state index in [1.165, 1.54) is 64.2 Å². The van der Waals surface area contributed by atoms with Gasteiger partial charge in [-0.2, -0.15) is 0 Å². The van der Waals surface area contributed by atoms with Crippen LogP contribution in [0.5, 0.6) is 0 Å². The number of aliphatic hydroxyl groups is 1. The Labute approximate surface area is 179 Å². The second-order valence-electron chi connectivity index (χ2n) is 9.17. The largest absolute Gasteiger partial charge is 0.460 e. The number of carbonyl (C=O) groups is 2. The minimum absolute atomic E-state index is 0.260. The molecule has 1 atom stereocenters. The van der Waals surface area contributed by atoms with Gasteiger partial charge in [0.2, 0.25) is 5.91 Å². The van der Waals surface area contributed by atoms with Crippen LogP contribution in [-0.4, -0.2) is 35.2 Å². The molecule has 0 aliphatic rings. The maximum atomic E-state index is 11.9. The first-order valence-electron chi connectivity index (χ1n) is 11.9. The quantitative estimate of drug-likeness (QED) is 0.224. The van der Waals surface area contributed by atoms with E-state index in [1.54, 1.807) is 0 Å². The van der Waals surface area contributed by atoms with Gasteiger partial charge in [-0.1, -0.05) is 84.0 Å². The Morgan fingerprint density at radius 2 is 1.31 bits per heavy atom. The molecule has 1 amide bonds. The summed E-state index contributed by atoms with van der Waals surface area (Å²) in [6.07, 6.45) is 15.5. The average molecular weight is 414 g/mol. The van der Waals surface area contributed by atoms with Crippen molar-refractivity contribution >= 4 is 11.9 Å². The second-order valence-corrected chi connectivity index (χ2v) is 9.17. The molecule has 0 saturated heterocycles. The van der Waals surface area contributed by atoms with Crippen molar-refractivity contribution in [3.8, 4) is 0 Å². The van der Waals surface area contributed by atoms with Gasteiger partial charge in [0.05, 0.1) is 0 Å². The van der Waals surface area contributed by atoms with Crippen LogP contribution < -0.4 is 5.32 Å². The van der Waals surface area contributed by atoms with Crippen molar-refractivity contribution in [1.82, 2.24) is 5.32 Å². The van der Waals surface area contributed by atoms with Crippen LogP contribution in [0.15, 0.2) is 0 Å². The Morgan fingerprint density at radius 1 is 0.828 bits per heavy atom. The molecule has 0 spiro atoms. The molecule has 2 N–H and O–H groups in total. The number of carbonyl (C=O) groups excluding carboxylic acids is 2. The van der Waals surface area contributed by atoms with Gasteiger partial charge < -0.3 is 15.2 Å². The molecule has 29 heavy (non-hydrogen) atoms. The molecule has 0 aromatic rings. The zero-order valence-corrected chi connectivity index (χ0v) is 19.6. The molecule has 0 aromatic heterocycles. The first kappa shape index (κ1) is 27.9. The lowest BCUT2D eigenvalue weighted by atomic mass is 10.0. The fourth-order valence-corrected chi connectivity index (χ4v) is 3.26. The lowest BCUT2D eigenvalue weighted by Gasteiger charge is -2.19. The summed E-state index contributed by atoms with van der Waals surface area (Å²) in [6, 6.07) is 0. The van der Waals surface area contributed by atoms with E-state index in [9.17, 15) is 14.7 Å². The highest BCUT2D eigenvalue weighted by Gasteiger charge is 2.17. The van der Waals surface area contributed by atoms with Crippen molar-refractivity contribution in [3.63, 3.8) is 0 Å². The molecule has 0 rings (SSSR count). The molecule has 5 heteroatoms. The predicted octanol–water partition coefficient (Wildman–Crippen LogP) is 5.68. The number of hydrogen-bond acceptors (Lipinski definition) is 4. The minimum atomic E-state index is -0.945. The van der Waals surface area contributed by atoms with Crippen LogP contribution in [0.3, 0.4) is 0 Å². The topological polar surface area (TPSA) is 75.6 Å².